The summed E-state index contributed by atoms with van der Waals surface area (Å²) >= 11 is 6.38. The van der Waals surface area contributed by atoms with Crippen molar-refractivity contribution in [2.75, 3.05) is 80.1 Å². The fourth-order valence-electron chi connectivity index (χ4n) is 10.3. The summed E-state index contributed by atoms with van der Waals surface area (Å²) in [7, 11) is 0. The van der Waals surface area contributed by atoms with Crippen molar-refractivity contribution in [3.63, 3.8) is 0 Å². The van der Waals surface area contributed by atoms with E-state index in [9.17, 15) is 24.0 Å². The first-order chi connectivity index (χ1) is 29.0. The predicted octanol–water partition coefficient (Wildman–Crippen LogP) is 4.64. The zero-order valence-electron chi connectivity index (χ0n) is 33.8. The van der Waals surface area contributed by atoms with E-state index in [4.69, 9.17) is 18.2 Å². The van der Waals surface area contributed by atoms with E-state index in [2.05, 4.69) is 46.9 Å². The van der Waals surface area contributed by atoms with Crippen molar-refractivity contribution < 1.29 is 24.0 Å². The number of hydrogen-bond donors (Lipinski definition) is 1. The van der Waals surface area contributed by atoms with Crippen LogP contribution < -0.4 is 20.0 Å². The van der Waals surface area contributed by atoms with Crippen LogP contribution in [0.25, 0.3) is 4.85 Å². The summed E-state index contributed by atoms with van der Waals surface area (Å²) in [6, 6.07) is 14.2. The molecular formula is C44H49ClN10O5. The van der Waals surface area contributed by atoms with Crippen LogP contribution in [0, 0.1) is 17.9 Å². The van der Waals surface area contributed by atoms with Gasteiger partial charge in [-0.25, -0.2) is 4.85 Å². The van der Waals surface area contributed by atoms with Crippen molar-refractivity contribution in [1.29, 1.82) is 0 Å². The van der Waals surface area contributed by atoms with E-state index in [-0.39, 0.29) is 29.7 Å². The van der Waals surface area contributed by atoms with Gasteiger partial charge < -0.3 is 19.6 Å². The van der Waals surface area contributed by atoms with Crippen LogP contribution in [0.5, 0.6) is 0 Å². The first kappa shape index (κ1) is 39.8. The highest BCUT2D eigenvalue weighted by Crippen LogP contribution is 2.46. The standard InChI is InChI=1S/C44H49ClN10O5/c1-28-25-44(27-54(28)31-4-6-35(46-2)34(45)24-31)13-17-52(18-14-44)38-9-7-36(48-49-38)43(60)53-21-19-50(20-22-53)26-29-11-15-51(16-12-29)30-3-5-32-33(23-30)42(59)55(41(32)58)37-8-10-39(56)47-40(37)57/h3-7,9,23-24,28-29,37H,8,10-22,25-27H2,1H3,(H,47,56,57)/t28-,37?/m0/s1. The zero-order chi connectivity index (χ0) is 41.7. The second-order valence-corrected chi connectivity index (χ2v) is 17.8. The molecule has 0 aliphatic carbocycles. The van der Waals surface area contributed by atoms with Crippen molar-refractivity contribution in [3.8, 4) is 0 Å². The zero-order valence-corrected chi connectivity index (χ0v) is 34.6. The molecule has 15 nitrogen and oxygen atoms in total. The molecule has 7 heterocycles. The van der Waals surface area contributed by atoms with Gasteiger partial charge in [-0.3, -0.25) is 39.1 Å². The third-order valence-corrected chi connectivity index (χ3v) is 14.0. The Morgan fingerprint density at radius 1 is 0.850 bits per heavy atom. The number of carbonyl (C=O) groups excluding carboxylic acids is 5. The number of amides is 5. The molecule has 5 amide bonds. The number of imide groups is 2. The van der Waals surface area contributed by atoms with Crippen LogP contribution in [0.4, 0.5) is 22.9 Å². The summed E-state index contributed by atoms with van der Waals surface area (Å²) in [6.07, 6.45) is 5.38. The van der Waals surface area contributed by atoms with Gasteiger partial charge in [0, 0.05) is 94.3 Å². The molecule has 60 heavy (non-hydrogen) atoms. The maximum Gasteiger partial charge on any atom is 0.274 e. The molecule has 1 aromatic heterocycles. The average Bonchev–Trinajstić information content (AvgIpc) is 3.71. The molecule has 1 N–H and O–H groups in total. The normalized spacial score (nSPS) is 23.6. The minimum absolute atomic E-state index is 0.0843. The molecule has 3 aromatic rings. The number of rotatable bonds is 7. The summed E-state index contributed by atoms with van der Waals surface area (Å²) in [5.41, 5.74) is 3.61. The molecule has 1 unspecified atom stereocenters. The number of nitrogens with one attached hydrogen (secondary N) is 1. The Balaban J connectivity index is 0.717. The number of piperazine rings is 1. The molecule has 1 spiro atoms. The van der Waals surface area contributed by atoms with Crippen molar-refractivity contribution in [3.05, 3.63) is 81.8 Å². The molecule has 16 heteroatoms. The quantitative estimate of drug-likeness (QED) is 0.263. The van der Waals surface area contributed by atoms with Gasteiger partial charge in [-0.2, -0.15) is 0 Å². The lowest BCUT2D eigenvalue weighted by molar-refractivity contribution is -0.136. The van der Waals surface area contributed by atoms with E-state index in [1.807, 2.05) is 41.3 Å². The fraction of sp³-hybridized carbons (Fsp3) is 0.500. The monoisotopic (exact) mass is 832 g/mol. The number of piperidine rings is 3. The van der Waals surface area contributed by atoms with Crippen LogP contribution >= 0.6 is 11.6 Å². The van der Waals surface area contributed by atoms with Gasteiger partial charge in [0.15, 0.2) is 11.5 Å². The maximum atomic E-state index is 13.5. The maximum absolute atomic E-state index is 13.5. The molecule has 2 aromatic carbocycles. The number of aromatic nitrogens is 2. The van der Waals surface area contributed by atoms with E-state index >= 15 is 0 Å². The lowest BCUT2D eigenvalue weighted by atomic mass is 9.77. The third kappa shape index (κ3) is 7.55. The molecule has 312 valence electrons. The predicted molar refractivity (Wildman–Crippen MR) is 225 cm³/mol. The first-order valence-electron chi connectivity index (χ1n) is 21.1. The Labute approximate surface area is 354 Å². The smallest absolute Gasteiger partial charge is 0.274 e. The van der Waals surface area contributed by atoms with Crippen LogP contribution in [0.3, 0.4) is 0 Å². The number of fused-ring (bicyclic) bond motifs is 1. The average molecular weight is 833 g/mol. The molecule has 2 atom stereocenters. The minimum Gasteiger partial charge on any atom is -0.371 e. The molecule has 6 aliphatic heterocycles. The SMILES string of the molecule is [C-]#[N+]c1ccc(N2CC3(CCN(c4ccc(C(=O)N5CCN(CC6CCN(c7ccc8c(c7)C(=O)N(C7CCC(=O)NC7=O)C8=O)CC6)CC5)nn4)CC3)C[C@@H]2C)cc1Cl. The Hall–Kier alpha value is -5.59. The minimum atomic E-state index is -0.978. The lowest BCUT2D eigenvalue weighted by Crippen LogP contribution is -2.54. The van der Waals surface area contributed by atoms with E-state index in [1.165, 1.54) is 0 Å². The van der Waals surface area contributed by atoms with Crippen molar-refractivity contribution in [1.82, 2.24) is 30.2 Å². The number of hydrogen-bond acceptors (Lipinski definition) is 11. The summed E-state index contributed by atoms with van der Waals surface area (Å²) in [5, 5.41) is 11.7. The summed E-state index contributed by atoms with van der Waals surface area (Å²) in [5.74, 6) is -0.766. The van der Waals surface area contributed by atoms with Crippen molar-refractivity contribution in [2.45, 2.75) is 64.0 Å². The van der Waals surface area contributed by atoms with E-state index in [0.717, 1.165) is 107 Å². The highest BCUT2D eigenvalue weighted by atomic mass is 35.5. The van der Waals surface area contributed by atoms with E-state index in [1.54, 1.807) is 12.1 Å². The second kappa shape index (κ2) is 16.1. The topological polar surface area (TPSA) is 147 Å². The Morgan fingerprint density at radius 3 is 2.27 bits per heavy atom. The molecule has 0 radical (unpaired) electrons. The molecular weight excluding hydrogens is 784 g/mol. The number of nitrogens with zero attached hydrogens (tertiary/aromatic N) is 9. The molecule has 0 saturated carbocycles. The van der Waals surface area contributed by atoms with Gasteiger partial charge in [0.05, 0.1) is 17.7 Å². The van der Waals surface area contributed by atoms with Crippen LogP contribution in [0.1, 0.15) is 83.1 Å². The number of anilines is 3. The van der Waals surface area contributed by atoms with Crippen LogP contribution in [-0.2, 0) is 9.59 Å². The highest BCUT2D eigenvalue weighted by molar-refractivity contribution is 6.33. The second-order valence-electron chi connectivity index (χ2n) is 17.4. The highest BCUT2D eigenvalue weighted by Gasteiger charge is 2.46. The van der Waals surface area contributed by atoms with Gasteiger partial charge in [0.25, 0.3) is 17.7 Å². The summed E-state index contributed by atoms with van der Waals surface area (Å²) in [6.45, 7) is 17.8. The number of halogens is 1. The van der Waals surface area contributed by atoms with E-state index in [0.29, 0.717) is 47.0 Å². The summed E-state index contributed by atoms with van der Waals surface area (Å²) in [4.78, 5) is 79.8. The number of carbonyl (C=O) groups is 5. The molecule has 5 saturated heterocycles. The first-order valence-corrected chi connectivity index (χ1v) is 21.5. The van der Waals surface area contributed by atoms with Crippen molar-refractivity contribution >= 4 is 64.0 Å². The van der Waals surface area contributed by atoms with Gasteiger partial charge in [-0.15, -0.1) is 10.2 Å². The lowest BCUT2D eigenvalue weighted by Gasteiger charge is -2.40. The van der Waals surface area contributed by atoms with Crippen LogP contribution in [0.15, 0.2) is 48.5 Å². The van der Waals surface area contributed by atoms with Gasteiger partial charge in [-0.05, 0) is 99.2 Å². The van der Waals surface area contributed by atoms with Crippen molar-refractivity contribution in [2.24, 2.45) is 11.3 Å². The van der Waals surface area contributed by atoms with Crippen LogP contribution in [-0.4, -0.2) is 132 Å². The molecule has 9 rings (SSSR count). The van der Waals surface area contributed by atoms with Gasteiger partial charge >= 0.3 is 0 Å². The Bertz CT molecular complexity index is 2260. The fourth-order valence-corrected chi connectivity index (χ4v) is 10.5. The van der Waals surface area contributed by atoms with E-state index < -0.39 is 29.7 Å². The molecule has 5 fully saturated rings. The largest absolute Gasteiger partial charge is 0.371 e. The summed E-state index contributed by atoms with van der Waals surface area (Å²) < 4.78 is 0. The van der Waals surface area contributed by atoms with Gasteiger partial charge in [-0.1, -0.05) is 17.7 Å². The Kier molecular flexibility index (Phi) is 10.7. The molecule has 0 bridgehead atoms. The molecule has 6 aliphatic rings. The third-order valence-electron chi connectivity index (χ3n) is 13.7. The van der Waals surface area contributed by atoms with Crippen LogP contribution in [0.2, 0.25) is 5.02 Å². The Morgan fingerprint density at radius 2 is 1.58 bits per heavy atom. The van der Waals surface area contributed by atoms with Gasteiger partial charge in [0.2, 0.25) is 17.5 Å². The van der Waals surface area contributed by atoms with Gasteiger partial charge in [0.1, 0.15) is 6.04 Å². The number of benzene rings is 2.